The summed E-state index contributed by atoms with van der Waals surface area (Å²) in [6, 6.07) is 1.65. The smallest absolute Gasteiger partial charge is 0.262 e. The minimum absolute atomic E-state index is 0.0109. The maximum Gasteiger partial charge on any atom is 0.262 e. The van der Waals surface area contributed by atoms with Crippen LogP contribution in [0.5, 0.6) is 0 Å². The van der Waals surface area contributed by atoms with E-state index in [0.29, 0.717) is 26.3 Å². The van der Waals surface area contributed by atoms with Gasteiger partial charge in [0.05, 0.1) is 18.8 Å². The molecule has 0 N–H and O–H groups in total. The zero-order valence-electron chi connectivity index (χ0n) is 15.0. The monoisotopic (exact) mass is 356 g/mol. The summed E-state index contributed by atoms with van der Waals surface area (Å²) in [6.45, 7) is 7.46. The van der Waals surface area contributed by atoms with E-state index in [2.05, 4.69) is 5.10 Å². The largest absolute Gasteiger partial charge is 0.380 e. The molecule has 2 fully saturated rings. The highest BCUT2D eigenvalue weighted by atomic mass is 19.3. The Hall–Kier alpha value is -1.54. The third-order valence-electron chi connectivity index (χ3n) is 5.00. The molecule has 3 heterocycles. The van der Waals surface area contributed by atoms with Crippen LogP contribution in [0.3, 0.4) is 0 Å². The molecule has 0 aliphatic carbocycles. The van der Waals surface area contributed by atoms with Crippen LogP contribution in [0.25, 0.3) is 0 Å². The highest BCUT2D eigenvalue weighted by Crippen LogP contribution is 2.35. The molecular weight excluding hydrogens is 330 g/mol. The van der Waals surface area contributed by atoms with Gasteiger partial charge in [-0.1, -0.05) is 0 Å². The molecule has 1 amide bonds. The molecule has 2 aliphatic heterocycles. The average Bonchev–Trinajstić information content (AvgIpc) is 2.94. The van der Waals surface area contributed by atoms with E-state index in [1.54, 1.807) is 9.58 Å². The summed E-state index contributed by atoms with van der Waals surface area (Å²) in [6.07, 6.45) is -0.163. The molecule has 0 bridgehead atoms. The molecule has 0 spiro atoms. The van der Waals surface area contributed by atoms with Gasteiger partial charge in [0.15, 0.2) is 0 Å². The summed E-state index contributed by atoms with van der Waals surface area (Å²) >= 11 is 0. The van der Waals surface area contributed by atoms with Crippen molar-refractivity contribution in [3.05, 3.63) is 17.5 Å². The van der Waals surface area contributed by atoms with Crippen molar-refractivity contribution >= 4 is 5.91 Å². The number of carbonyl (C=O) groups is 1. The van der Waals surface area contributed by atoms with Crippen molar-refractivity contribution in [2.75, 3.05) is 32.8 Å². The lowest BCUT2D eigenvalue weighted by molar-refractivity contribution is -0.140. The second-order valence-electron chi connectivity index (χ2n) is 7.08. The van der Waals surface area contributed by atoms with Gasteiger partial charge in [0.1, 0.15) is 6.54 Å². The van der Waals surface area contributed by atoms with Gasteiger partial charge in [-0.3, -0.25) is 14.4 Å². The number of hydrogen-bond acceptors (Lipinski definition) is 4. The molecular formula is C17H26F2N4O2. The number of nitrogens with zero attached hydrogens (tertiary/aromatic N) is 4. The second-order valence-corrected chi connectivity index (χ2v) is 7.08. The van der Waals surface area contributed by atoms with Crippen molar-refractivity contribution in [3.63, 3.8) is 0 Å². The zero-order valence-corrected chi connectivity index (χ0v) is 15.0. The van der Waals surface area contributed by atoms with Crippen LogP contribution in [0.2, 0.25) is 0 Å². The van der Waals surface area contributed by atoms with E-state index in [0.717, 1.165) is 11.4 Å². The quantitative estimate of drug-likeness (QED) is 0.774. The van der Waals surface area contributed by atoms with E-state index < -0.39 is 5.92 Å². The molecule has 2 saturated heterocycles. The lowest BCUT2D eigenvalue weighted by atomic mass is 10.1. The molecule has 0 unspecified atom stereocenters. The minimum atomic E-state index is -2.67. The number of carbonyl (C=O) groups excluding carboxylic acids is 1. The lowest BCUT2D eigenvalue weighted by Crippen LogP contribution is -2.63. The van der Waals surface area contributed by atoms with E-state index in [-0.39, 0.29) is 37.5 Å². The molecule has 3 rings (SSSR count). The second kappa shape index (κ2) is 6.99. The SMILES string of the molecule is CCOC[C@@H]1CC(F)(F)CN1C1CN(C(=O)Cn2nc(C)cc2C)C1. The van der Waals surface area contributed by atoms with Crippen LogP contribution in [-0.4, -0.2) is 76.3 Å². The van der Waals surface area contributed by atoms with Crippen molar-refractivity contribution < 1.29 is 18.3 Å². The fourth-order valence-electron chi connectivity index (χ4n) is 3.69. The number of hydrogen-bond donors (Lipinski definition) is 0. The number of likely N-dealkylation sites (tertiary alicyclic amines) is 2. The highest BCUT2D eigenvalue weighted by Gasteiger charge is 2.50. The van der Waals surface area contributed by atoms with Gasteiger partial charge in [0.25, 0.3) is 5.92 Å². The van der Waals surface area contributed by atoms with Crippen LogP contribution in [-0.2, 0) is 16.1 Å². The maximum atomic E-state index is 13.8. The van der Waals surface area contributed by atoms with Crippen molar-refractivity contribution in [3.8, 4) is 0 Å². The van der Waals surface area contributed by atoms with Crippen molar-refractivity contribution in [2.45, 2.75) is 51.7 Å². The van der Waals surface area contributed by atoms with Crippen LogP contribution in [0.4, 0.5) is 8.78 Å². The molecule has 1 aromatic rings. The van der Waals surface area contributed by atoms with Crippen molar-refractivity contribution in [1.29, 1.82) is 0 Å². The van der Waals surface area contributed by atoms with Crippen LogP contribution in [0, 0.1) is 13.8 Å². The third kappa shape index (κ3) is 4.00. The first-order chi connectivity index (χ1) is 11.8. The number of rotatable bonds is 6. The Bertz CT molecular complexity index is 628. The predicted molar refractivity (Wildman–Crippen MR) is 88.6 cm³/mol. The van der Waals surface area contributed by atoms with Gasteiger partial charge < -0.3 is 9.64 Å². The number of alkyl halides is 2. The van der Waals surface area contributed by atoms with E-state index in [1.807, 2.05) is 31.7 Å². The van der Waals surface area contributed by atoms with E-state index >= 15 is 0 Å². The van der Waals surface area contributed by atoms with Gasteiger partial charge in [-0.05, 0) is 26.8 Å². The summed E-state index contributed by atoms with van der Waals surface area (Å²) in [5, 5.41) is 4.30. The number of amides is 1. The van der Waals surface area contributed by atoms with Gasteiger partial charge in [0.2, 0.25) is 5.91 Å². The first kappa shape index (κ1) is 18.3. The fraction of sp³-hybridized carbons (Fsp3) is 0.765. The maximum absolute atomic E-state index is 13.8. The van der Waals surface area contributed by atoms with Gasteiger partial charge in [0, 0.05) is 43.9 Å². The first-order valence-corrected chi connectivity index (χ1v) is 8.79. The van der Waals surface area contributed by atoms with Gasteiger partial charge >= 0.3 is 0 Å². The Morgan fingerprint density at radius 1 is 1.40 bits per heavy atom. The van der Waals surface area contributed by atoms with Gasteiger partial charge in [-0.15, -0.1) is 0 Å². The van der Waals surface area contributed by atoms with E-state index in [9.17, 15) is 13.6 Å². The Morgan fingerprint density at radius 3 is 2.72 bits per heavy atom. The first-order valence-electron chi connectivity index (χ1n) is 8.79. The number of halogens is 2. The average molecular weight is 356 g/mol. The molecule has 0 radical (unpaired) electrons. The lowest BCUT2D eigenvalue weighted by Gasteiger charge is -2.45. The highest BCUT2D eigenvalue weighted by molar-refractivity contribution is 5.77. The Labute approximate surface area is 146 Å². The molecule has 2 aliphatic rings. The number of aryl methyl sites for hydroxylation is 2. The fourth-order valence-corrected chi connectivity index (χ4v) is 3.69. The summed E-state index contributed by atoms with van der Waals surface area (Å²) in [4.78, 5) is 15.9. The summed E-state index contributed by atoms with van der Waals surface area (Å²) in [5.41, 5.74) is 1.82. The Morgan fingerprint density at radius 2 is 2.12 bits per heavy atom. The van der Waals surface area contributed by atoms with Crippen LogP contribution in [0.1, 0.15) is 24.7 Å². The third-order valence-corrected chi connectivity index (χ3v) is 5.00. The Balaban J connectivity index is 1.54. The van der Waals surface area contributed by atoms with Gasteiger partial charge in [-0.2, -0.15) is 5.10 Å². The molecule has 1 atom stereocenters. The molecule has 6 nitrogen and oxygen atoms in total. The molecule has 0 aromatic carbocycles. The molecule has 0 saturated carbocycles. The van der Waals surface area contributed by atoms with Crippen LogP contribution >= 0.6 is 0 Å². The molecule has 25 heavy (non-hydrogen) atoms. The number of aromatic nitrogens is 2. The van der Waals surface area contributed by atoms with E-state index in [1.165, 1.54) is 0 Å². The van der Waals surface area contributed by atoms with Crippen molar-refractivity contribution in [2.24, 2.45) is 0 Å². The summed E-state index contributed by atoms with van der Waals surface area (Å²) in [5.74, 6) is -2.69. The van der Waals surface area contributed by atoms with Crippen molar-refractivity contribution in [1.82, 2.24) is 19.6 Å². The van der Waals surface area contributed by atoms with Crippen LogP contribution in [0.15, 0.2) is 6.07 Å². The summed E-state index contributed by atoms with van der Waals surface area (Å²) in [7, 11) is 0. The van der Waals surface area contributed by atoms with Crippen LogP contribution < -0.4 is 0 Å². The zero-order chi connectivity index (χ0) is 18.2. The minimum Gasteiger partial charge on any atom is -0.380 e. The normalized spacial score (nSPS) is 23.9. The molecule has 1 aromatic heterocycles. The van der Waals surface area contributed by atoms with Gasteiger partial charge in [-0.25, -0.2) is 8.78 Å². The molecule has 140 valence electrons. The van der Waals surface area contributed by atoms with E-state index in [4.69, 9.17) is 4.74 Å². The standard InChI is InChI=1S/C17H26F2N4O2/c1-4-25-10-14-6-17(18,19)11-22(14)15-7-21(8-15)16(24)9-23-13(3)5-12(2)20-23/h5,14-15H,4,6-11H2,1-3H3/t14-/m0/s1. The summed E-state index contributed by atoms with van der Waals surface area (Å²) < 4.78 is 34.6. The predicted octanol–water partition coefficient (Wildman–Crippen LogP) is 1.46. The molecule has 8 heteroatoms. The topological polar surface area (TPSA) is 50.6 Å². The Kier molecular flexibility index (Phi) is 5.11. The number of ether oxygens (including phenoxy) is 1.